The molecule has 0 radical (unpaired) electrons. The number of hydrogen-bond acceptors (Lipinski definition) is 2. The number of ketones is 1. The number of anilines is 1. The van der Waals surface area contributed by atoms with E-state index in [2.05, 4.69) is 22.0 Å². The summed E-state index contributed by atoms with van der Waals surface area (Å²) in [6, 6.07) is 11.5. The summed E-state index contributed by atoms with van der Waals surface area (Å²) in [4.78, 5) is 12.3. The number of carbonyl (C=O) groups is 1. The van der Waals surface area contributed by atoms with Crippen LogP contribution >= 0.6 is 15.9 Å². The minimum absolute atomic E-state index is 0.0509. The van der Waals surface area contributed by atoms with Gasteiger partial charge in [-0.2, -0.15) is 0 Å². The van der Waals surface area contributed by atoms with Gasteiger partial charge in [0.2, 0.25) is 0 Å². The quantitative estimate of drug-likeness (QED) is 0.685. The van der Waals surface area contributed by atoms with Crippen LogP contribution in [0.25, 0.3) is 0 Å². The molecule has 2 aromatic rings. The molecule has 0 saturated carbocycles. The monoisotopic (exact) mass is 317 g/mol. The molecule has 0 fully saturated rings. The molecule has 0 unspecified atom stereocenters. The molecule has 3 heteroatoms. The molecular weight excluding hydrogens is 302 g/mol. The van der Waals surface area contributed by atoms with Crippen LogP contribution in [0, 0.1) is 13.8 Å². The summed E-state index contributed by atoms with van der Waals surface area (Å²) in [7, 11) is 0. The van der Waals surface area contributed by atoms with Crippen molar-refractivity contribution in [3.8, 4) is 0 Å². The van der Waals surface area contributed by atoms with Crippen molar-refractivity contribution in [2.45, 2.75) is 20.3 Å². The van der Waals surface area contributed by atoms with Crippen LogP contribution in [-0.2, 0) is 6.42 Å². The number of nitrogens with two attached hydrogens (primary N) is 1. The summed E-state index contributed by atoms with van der Waals surface area (Å²) in [6.07, 6.45) is 0.383. The number of Topliss-reactive ketones (excluding diaryl/α,β-unsaturated/α-hetero) is 1. The van der Waals surface area contributed by atoms with Crippen LogP contribution in [0.2, 0.25) is 0 Å². The zero-order chi connectivity index (χ0) is 14.0. The summed E-state index contributed by atoms with van der Waals surface area (Å²) >= 11 is 3.34. The van der Waals surface area contributed by atoms with Crippen LogP contribution in [0.4, 0.5) is 5.69 Å². The van der Waals surface area contributed by atoms with Crippen LogP contribution in [0.15, 0.2) is 40.9 Å². The SMILES string of the molecule is Cc1cc(C)cc(CC(=O)c2ccc(Br)cc2N)c1. The van der Waals surface area contributed by atoms with E-state index >= 15 is 0 Å². The van der Waals surface area contributed by atoms with Gasteiger partial charge in [0.05, 0.1) is 0 Å². The maximum absolute atomic E-state index is 12.3. The van der Waals surface area contributed by atoms with Crippen LogP contribution in [0.1, 0.15) is 27.0 Å². The average Bonchev–Trinajstić information content (AvgIpc) is 2.26. The number of aryl methyl sites for hydroxylation is 2. The van der Waals surface area contributed by atoms with E-state index in [0.717, 1.165) is 10.0 Å². The molecule has 0 saturated heterocycles. The number of nitrogen functional groups attached to an aromatic ring is 1. The van der Waals surface area contributed by atoms with Crippen molar-refractivity contribution in [3.63, 3.8) is 0 Å². The van der Waals surface area contributed by atoms with Crippen LogP contribution in [0.5, 0.6) is 0 Å². The van der Waals surface area contributed by atoms with Gasteiger partial charge in [-0.25, -0.2) is 0 Å². The number of rotatable bonds is 3. The van der Waals surface area contributed by atoms with Gasteiger partial charge >= 0.3 is 0 Å². The smallest absolute Gasteiger partial charge is 0.169 e. The lowest BCUT2D eigenvalue weighted by Gasteiger charge is -2.07. The van der Waals surface area contributed by atoms with Gasteiger partial charge in [0.1, 0.15) is 0 Å². The lowest BCUT2D eigenvalue weighted by atomic mass is 9.99. The Morgan fingerprint density at radius 1 is 1.11 bits per heavy atom. The molecule has 2 nitrogen and oxygen atoms in total. The van der Waals surface area contributed by atoms with Gasteiger partial charge in [-0.15, -0.1) is 0 Å². The largest absolute Gasteiger partial charge is 0.398 e. The molecule has 0 atom stereocenters. The van der Waals surface area contributed by atoms with Gasteiger partial charge in [0, 0.05) is 22.1 Å². The molecule has 0 aliphatic carbocycles. The topological polar surface area (TPSA) is 43.1 Å². The highest BCUT2D eigenvalue weighted by atomic mass is 79.9. The first kappa shape index (κ1) is 13.8. The van der Waals surface area contributed by atoms with E-state index in [9.17, 15) is 4.79 Å². The van der Waals surface area contributed by atoms with Crippen molar-refractivity contribution in [1.82, 2.24) is 0 Å². The van der Waals surface area contributed by atoms with E-state index in [4.69, 9.17) is 5.73 Å². The number of hydrogen-bond donors (Lipinski definition) is 1. The molecule has 19 heavy (non-hydrogen) atoms. The van der Waals surface area contributed by atoms with Gasteiger partial charge in [0.15, 0.2) is 5.78 Å². The first-order valence-corrected chi connectivity index (χ1v) is 6.90. The summed E-state index contributed by atoms with van der Waals surface area (Å²) in [5.41, 5.74) is 10.4. The molecule has 0 heterocycles. The molecule has 0 aliphatic rings. The lowest BCUT2D eigenvalue weighted by Crippen LogP contribution is -2.07. The van der Waals surface area contributed by atoms with E-state index in [0.29, 0.717) is 17.7 Å². The molecule has 2 rings (SSSR count). The summed E-state index contributed by atoms with van der Waals surface area (Å²) in [5, 5.41) is 0. The molecule has 2 aromatic carbocycles. The fraction of sp³-hybridized carbons (Fsp3) is 0.188. The van der Waals surface area contributed by atoms with Crippen molar-refractivity contribution < 1.29 is 4.79 Å². The second-order valence-corrected chi connectivity index (χ2v) is 5.74. The van der Waals surface area contributed by atoms with Crippen LogP contribution < -0.4 is 5.73 Å². The van der Waals surface area contributed by atoms with Crippen LogP contribution in [-0.4, -0.2) is 5.78 Å². The van der Waals surface area contributed by atoms with Crippen molar-refractivity contribution in [2.75, 3.05) is 5.73 Å². The van der Waals surface area contributed by atoms with Gasteiger partial charge in [0.25, 0.3) is 0 Å². The Morgan fingerprint density at radius 2 is 1.74 bits per heavy atom. The van der Waals surface area contributed by atoms with Gasteiger partial charge in [-0.3, -0.25) is 4.79 Å². The molecule has 0 amide bonds. The Hall–Kier alpha value is -1.61. The third kappa shape index (κ3) is 3.44. The molecule has 0 bridgehead atoms. The maximum atomic E-state index is 12.3. The fourth-order valence-electron chi connectivity index (χ4n) is 2.24. The highest BCUT2D eigenvalue weighted by Gasteiger charge is 2.11. The van der Waals surface area contributed by atoms with E-state index in [1.807, 2.05) is 32.0 Å². The minimum Gasteiger partial charge on any atom is -0.398 e. The number of halogens is 1. The van der Waals surface area contributed by atoms with Crippen molar-refractivity contribution >= 4 is 27.4 Å². The summed E-state index contributed by atoms with van der Waals surface area (Å²) in [5.74, 6) is 0.0509. The maximum Gasteiger partial charge on any atom is 0.169 e. The molecule has 0 aromatic heterocycles. The normalized spacial score (nSPS) is 10.5. The standard InChI is InChI=1S/C16H16BrNO/c1-10-5-11(2)7-12(6-10)8-16(19)14-4-3-13(17)9-15(14)18/h3-7,9H,8,18H2,1-2H3. The summed E-state index contributed by atoms with van der Waals surface area (Å²) in [6.45, 7) is 4.07. The van der Waals surface area contributed by atoms with Crippen molar-refractivity contribution in [3.05, 3.63) is 63.1 Å². The Labute approximate surface area is 121 Å². The number of benzene rings is 2. The van der Waals surface area contributed by atoms with Gasteiger partial charge in [-0.1, -0.05) is 45.3 Å². The van der Waals surface area contributed by atoms with Gasteiger partial charge < -0.3 is 5.73 Å². The second-order valence-electron chi connectivity index (χ2n) is 4.83. The first-order chi connectivity index (χ1) is 8.95. The second kappa shape index (κ2) is 5.57. The number of carbonyl (C=O) groups excluding carboxylic acids is 1. The summed E-state index contributed by atoms with van der Waals surface area (Å²) < 4.78 is 0.882. The van der Waals surface area contributed by atoms with E-state index < -0.39 is 0 Å². The molecule has 0 spiro atoms. The molecule has 98 valence electrons. The van der Waals surface area contributed by atoms with Gasteiger partial charge in [-0.05, 0) is 37.6 Å². The van der Waals surface area contributed by atoms with E-state index in [1.165, 1.54) is 11.1 Å². The van der Waals surface area contributed by atoms with Crippen molar-refractivity contribution in [1.29, 1.82) is 0 Å². The average molecular weight is 318 g/mol. The third-order valence-electron chi connectivity index (χ3n) is 2.96. The Morgan fingerprint density at radius 3 is 2.32 bits per heavy atom. The predicted octanol–water partition coefficient (Wildman–Crippen LogP) is 4.07. The van der Waals surface area contributed by atoms with E-state index in [-0.39, 0.29) is 5.78 Å². The first-order valence-electron chi connectivity index (χ1n) is 6.11. The Kier molecular flexibility index (Phi) is 4.05. The third-order valence-corrected chi connectivity index (χ3v) is 3.45. The minimum atomic E-state index is 0.0509. The molecular formula is C16H16BrNO. The Balaban J connectivity index is 2.25. The highest BCUT2D eigenvalue weighted by Crippen LogP contribution is 2.20. The zero-order valence-electron chi connectivity index (χ0n) is 11.0. The van der Waals surface area contributed by atoms with Crippen LogP contribution in [0.3, 0.4) is 0 Å². The van der Waals surface area contributed by atoms with E-state index in [1.54, 1.807) is 12.1 Å². The zero-order valence-corrected chi connectivity index (χ0v) is 12.6. The molecule has 2 N–H and O–H groups in total. The fourth-order valence-corrected chi connectivity index (χ4v) is 2.62. The Bertz CT molecular complexity index is 614. The lowest BCUT2D eigenvalue weighted by molar-refractivity contribution is 0.0994. The predicted molar refractivity (Wildman–Crippen MR) is 82.5 cm³/mol. The molecule has 0 aliphatic heterocycles. The van der Waals surface area contributed by atoms with Crippen molar-refractivity contribution in [2.24, 2.45) is 0 Å². The highest BCUT2D eigenvalue weighted by molar-refractivity contribution is 9.10.